The Bertz CT molecular complexity index is 783. The van der Waals surface area contributed by atoms with Crippen molar-refractivity contribution in [3.8, 4) is 11.5 Å². The Kier molecular flexibility index (Phi) is 3.46. The zero-order valence-corrected chi connectivity index (χ0v) is 12.5. The van der Waals surface area contributed by atoms with Crippen LogP contribution < -0.4 is 9.47 Å². The van der Waals surface area contributed by atoms with Gasteiger partial charge in [0.2, 0.25) is 6.79 Å². The van der Waals surface area contributed by atoms with Crippen LogP contribution in [-0.2, 0) is 17.8 Å². The van der Waals surface area contributed by atoms with Crippen molar-refractivity contribution in [2.24, 2.45) is 0 Å². The third-order valence-corrected chi connectivity index (χ3v) is 3.99. The van der Waals surface area contributed by atoms with Crippen LogP contribution in [0.3, 0.4) is 0 Å². The fraction of sp³-hybridized carbons (Fsp3) is 0.222. The normalized spacial score (nSPS) is 14.9. The first-order valence-corrected chi connectivity index (χ1v) is 7.54. The van der Waals surface area contributed by atoms with E-state index in [1.54, 1.807) is 4.58 Å². The van der Waals surface area contributed by atoms with E-state index in [0.717, 1.165) is 34.6 Å². The summed E-state index contributed by atoms with van der Waals surface area (Å²) in [5.74, 6) is 1.50. The van der Waals surface area contributed by atoms with Crippen LogP contribution in [0, 0.1) is 0 Å². The first-order valence-electron chi connectivity index (χ1n) is 7.54. The van der Waals surface area contributed by atoms with Crippen molar-refractivity contribution in [3.05, 3.63) is 59.2 Å². The molecule has 0 atom stereocenters. The molecule has 0 N–H and O–H groups in total. The van der Waals surface area contributed by atoms with Crippen molar-refractivity contribution < 1.29 is 23.6 Å². The van der Waals surface area contributed by atoms with Crippen molar-refractivity contribution >= 4 is 12.3 Å². The van der Waals surface area contributed by atoms with Gasteiger partial charge in [0.1, 0.15) is 6.61 Å². The summed E-state index contributed by atoms with van der Waals surface area (Å²) in [6, 6.07) is 13.6. The Hall–Kier alpha value is -2.82. The van der Waals surface area contributed by atoms with Crippen molar-refractivity contribution in [3.63, 3.8) is 0 Å². The quantitative estimate of drug-likeness (QED) is 0.800. The highest BCUT2D eigenvalue weighted by atomic mass is 16.7. The number of fused-ring (bicyclic) bond motifs is 2. The maximum absolute atomic E-state index is 12.2. The maximum atomic E-state index is 12.2. The van der Waals surface area contributed by atoms with Gasteiger partial charge in [-0.3, -0.25) is 0 Å². The molecule has 0 aromatic heterocycles. The average molecular weight is 310 g/mol. The summed E-state index contributed by atoms with van der Waals surface area (Å²) < 4.78 is 17.8. The van der Waals surface area contributed by atoms with E-state index in [1.165, 1.54) is 0 Å². The zero-order chi connectivity index (χ0) is 15.6. The summed E-state index contributed by atoms with van der Waals surface area (Å²) in [5, 5.41) is 0. The predicted octanol–water partition coefficient (Wildman–Crippen LogP) is 2.74. The summed E-state index contributed by atoms with van der Waals surface area (Å²) >= 11 is 0. The van der Waals surface area contributed by atoms with Gasteiger partial charge in [-0.1, -0.05) is 30.3 Å². The molecule has 0 fully saturated rings. The summed E-state index contributed by atoms with van der Waals surface area (Å²) in [6.07, 6.45) is 2.24. The van der Waals surface area contributed by atoms with E-state index in [1.807, 2.05) is 48.7 Å². The lowest BCUT2D eigenvalue weighted by Crippen LogP contribution is -2.29. The number of carbonyl (C=O) groups is 1. The third kappa shape index (κ3) is 2.77. The van der Waals surface area contributed by atoms with Crippen molar-refractivity contribution in [1.29, 1.82) is 0 Å². The monoisotopic (exact) mass is 310 g/mol. The van der Waals surface area contributed by atoms with Gasteiger partial charge in [-0.2, -0.15) is 4.79 Å². The standard InChI is InChI=1S/C18H16NO4/c20-18(21-11-13-4-2-1-3-5-13)19-7-6-14-8-16-17(23-12-22-16)9-15(14)10-19/h1-5,8-10H,6-7,11-12H2/q+1. The Morgan fingerprint density at radius 1 is 1.13 bits per heavy atom. The van der Waals surface area contributed by atoms with Crippen molar-refractivity contribution in [2.75, 3.05) is 13.3 Å². The summed E-state index contributed by atoms with van der Waals surface area (Å²) in [6.45, 7) is 1.12. The van der Waals surface area contributed by atoms with Crippen LogP contribution in [-0.4, -0.2) is 30.2 Å². The lowest BCUT2D eigenvalue weighted by molar-refractivity contribution is -0.443. The molecule has 0 saturated heterocycles. The fourth-order valence-corrected chi connectivity index (χ4v) is 2.76. The minimum atomic E-state index is -0.336. The van der Waals surface area contributed by atoms with Gasteiger partial charge in [-0.15, -0.1) is 4.58 Å². The smallest absolute Gasteiger partial charge is 0.454 e. The molecule has 2 aromatic rings. The second-order valence-electron chi connectivity index (χ2n) is 5.52. The molecule has 0 unspecified atom stereocenters. The Balaban J connectivity index is 1.50. The van der Waals surface area contributed by atoms with Crippen LogP contribution in [0.5, 0.6) is 11.5 Å². The maximum Gasteiger partial charge on any atom is 0.596 e. The van der Waals surface area contributed by atoms with Crippen LogP contribution in [0.4, 0.5) is 4.79 Å². The van der Waals surface area contributed by atoms with Gasteiger partial charge >= 0.3 is 6.09 Å². The zero-order valence-electron chi connectivity index (χ0n) is 12.5. The molecule has 4 rings (SSSR count). The molecule has 5 heteroatoms. The minimum Gasteiger partial charge on any atom is -0.454 e. The molecular formula is C18H16NO4+. The molecule has 0 spiro atoms. The predicted molar refractivity (Wildman–Crippen MR) is 83.2 cm³/mol. The molecule has 5 nitrogen and oxygen atoms in total. The van der Waals surface area contributed by atoms with Gasteiger partial charge in [0.15, 0.2) is 24.3 Å². The Labute approximate surface area is 133 Å². The Morgan fingerprint density at radius 2 is 1.91 bits per heavy atom. The van der Waals surface area contributed by atoms with Gasteiger partial charge in [0.25, 0.3) is 0 Å². The molecule has 23 heavy (non-hydrogen) atoms. The molecule has 2 heterocycles. The highest BCUT2D eigenvalue weighted by Gasteiger charge is 2.27. The van der Waals surface area contributed by atoms with E-state index in [2.05, 4.69) is 0 Å². The second kappa shape index (κ2) is 5.76. The molecule has 2 aliphatic heterocycles. The van der Waals surface area contributed by atoms with Gasteiger partial charge in [0.05, 0.1) is 0 Å². The Morgan fingerprint density at radius 3 is 2.74 bits per heavy atom. The van der Waals surface area contributed by atoms with Crippen molar-refractivity contribution in [1.82, 2.24) is 0 Å². The van der Waals surface area contributed by atoms with Gasteiger partial charge < -0.3 is 14.2 Å². The fourth-order valence-electron chi connectivity index (χ4n) is 2.76. The number of benzene rings is 2. The molecule has 0 saturated carbocycles. The molecule has 116 valence electrons. The second-order valence-corrected chi connectivity index (χ2v) is 5.52. The molecule has 1 amide bonds. The lowest BCUT2D eigenvalue weighted by atomic mass is 10.0. The third-order valence-electron chi connectivity index (χ3n) is 3.99. The van der Waals surface area contributed by atoms with Gasteiger partial charge in [-0.05, 0) is 23.3 Å². The van der Waals surface area contributed by atoms with Crippen LogP contribution in [0.15, 0.2) is 42.5 Å². The molecular weight excluding hydrogens is 294 g/mol. The number of hydrogen-bond acceptors (Lipinski definition) is 4. The minimum absolute atomic E-state index is 0.251. The van der Waals surface area contributed by atoms with E-state index >= 15 is 0 Å². The average Bonchev–Trinajstić information content (AvgIpc) is 3.05. The van der Waals surface area contributed by atoms with E-state index in [-0.39, 0.29) is 19.5 Å². The SMILES string of the molecule is O=C(OCc1ccccc1)[N+]1=Cc2cc3c(cc2CC1)OCO3. The molecule has 2 aliphatic rings. The molecule has 0 radical (unpaired) electrons. The molecule has 2 aromatic carbocycles. The van der Waals surface area contributed by atoms with Crippen molar-refractivity contribution in [2.45, 2.75) is 13.0 Å². The largest absolute Gasteiger partial charge is 0.596 e. The van der Waals surface area contributed by atoms with E-state index < -0.39 is 0 Å². The van der Waals surface area contributed by atoms with Crippen LogP contribution >= 0.6 is 0 Å². The first kappa shape index (κ1) is 13.8. The molecule has 0 bridgehead atoms. The molecule has 0 aliphatic carbocycles. The van der Waals surface area contributed by atoms with Gasteiger partial charge in [0, 0.05) is 12.0 Å². The summed E-state index contributed by atoms with van der Waals surface area (Å²) in [4.78, 5) is 12.2. The van der Waals surface area contributed by atoms with Gasteiger partial charge in [-0.25, -0.2) is 0 Å². The number of nitrogens with zero attached hydrogens (tertiary/aromatic N) is 1. The number of ether oxygens (including phenoxy) is 3. The number of hydrogen-bond donors (Lipinski definition) is 0. The highest BCUT2D eigenvalue weighted by molar-refractivity contribution is 5.84. The van der Waals surface area contributed by atoms with E-state index in [4.69, 9.17) is 14.2 Å². The number of carbonyl (C=O) groups excluding carboxylic acids is 1. The lowest BCUT2D eigenvalue weighted by Gasteiger charge is -2.11. The van der Waals surface area contributed by atoms with Crippen LogP contribution in [0.25, 0.3) is 0 Å². The number of rotatable bonds is 2. The van der Waals surface area contributed by atoms with E-state index in [0.29, 0.717) is 6.54 Å². The van der Waals surface area contributed by atoms with E-state index in [9.17, 15) is 4.79 Å². The summed E-state index contributed by atoms with van der Waals surface area (Å²) in [7, 11) is 0. The number of amides is 1. The first-order chi connectivity index (χ1) is 11.3. The summed E-state index contributed by atoms with van der Waals surface area (Å²) in [5.41, 5.74) is 3.10. The van der Waals surface area contributed by atoms with Crippen LogP contribution in [0.2, 0.25) is 0 Å². The topological polar surface area (TPSA) is 47.8 Å². The van der Waals surface area contributed by atoms with Crippen LogP contribution in [0.1, 0.15) is 16.7 Å². The highest BCUT2D eigenvalue weighted by Crippen LogP contribution is 2.35.